The van der Waals surface area contributed by atoms with Gasteiger partial charge in [-0.25, -0.2) is 4.79 Å². The van der Waals surface area contributed by atoms with Crippen molar-refractivity contribution in [3.05, 3.63) is 84.3 Å². The summed E-state index contributed by atoms with van der Waals surface area (Å²) in [5, 5.41) is 7.02. The van der Waals surface area contributed by atoms with E-state index >= 15 is 0 Å². The Morgan fingerprint density at radius 1 is 1.09 bits per heavy atom. The molecule has 7 heteroatoms. The Bertz CT molecular complexity index is 1220. The second-order valence-corrected chi connectivity index (χ2v) is 7.45. The monoisotopic (exact) mass is 430 g/mol. The van der Waals surface area contributed by atoms with Gasteiger partial charge in [0.1, 0.15) is 11.5 Å². The average Bonchev–Trinajstić information content (AvgIpc) is 3.16. The number of para-hydroxylation sites is 1. The second-order valence-electron chi connectivity index (χ2n) is 7.45. The van der Waals surface area contributed by atoms with Gasteiger partial charge in [0.2, 0.25) is 0 Å². The Kier molecular flexibility index (Phi) is 6.26. The first-order chi connectivity index (χ1) is 15.6. The summed E-state index contributed by atoms with van der Waals surface area (Å²) in [5.74, 6) is 1.12. The number of fused-ring (bicyclic) bond motifs is 1. The smallest absolute Gasteiger partial charge is 0.319 e. The molecule has 0 aliphatic carbocycles. The van der Waals surface area contributed by atoms with E-state index in [4.69, 9.17) is 9.47 Å². The van der Waals surface area contributed by atoms with Crippen molar-refractivity contribution in [2.45, 2.75) is 5.92 Å². The lowest BCUT2D eigenvalue weighted by Gasteiger charge is -2.19. The summed E-state index contributed by atoms with van der Waals surface area (Å²) in [6.45, 7) is 0.401. The van der Waals surface area contributed by atoms with Gasteiger partial charge in [0.15, 0.2) is 0 Å². The molecule has 2 heterocycles. The Morgan fingerprint density at radius 2 is 1.94 bits per heavy atom. The third-order valence-electron chi connectivity index (χ3n) is 5.51. The Balaban J connectivity index is 1.59. The molecule has 0 bridgehead atoms. The van der Waals surface area contributed by atoms with Gasteiger partial charge in [0, 0.05) is 55.1 Å². The lowest BCUT2D eigenvalue weighted by atomic mass is 9.92. The summed E-state index contributed by atoms with van der Waals surface area (Å²) >= 11 is 0. The molecule has 1 atom stereocenters. The van der Waals surface area contributed by atoms with Gasteiger partial charge >= 0.3 is 6.03 Å². The van der Waals surface area contributed by atoms with E-state index in [1.54, 1.807) is 38.6 Å². The number of pyridine rings is 1. The number of ether oxygens (including phenoxy) is 2. The van der Waals surface area contributed by atoms with Crippen LogP contribution in [0.3, 0.4) is 0 Å². The van der Waals surface area contributed by atoms with Crippen LogP contribution in [0.1, 0.15) is 17.0 Å². The average molecular weight is 431 g/mol. The molecule has 2 N–H and O–H groups in total. The van der Waals surface area contributed by atoms with E-state index in [0.717, 1.165) is 22.0 Å². The maximum absolute atomic E-state index is 12.8. The molecular weight excluding hydrogens is 404 g/mol. The number of methoxy groups -OCH3 is 2. The number of hydrogen-bond acceptors (Lipinski definition) is 4. The molecule has 32 heavy (non-hydrogen) atoms. The van der Waals surface area contributed by atoms with Gasteiger partial charge in [-0.3, -0.25) is 4.98 Å². The zero-order valence-corrected chi connectivity index (χ0v) is 18.3. The van der Waals surface area contributed by atoms with Crippen LogP contribution in [0.4, 0.5) is 10.5 Å². The molecule has 1 unspecified atom stereocenters. The van der Waals surface area contributed by atoms with E-state index in [1.165, 1.54) is 0 Å². The van der Waals surface area contributed by atoms with Crippen LogP contribution in [-0.4, -0.2) is 36.3 Å². The summed E-state index contributed by atoms with van der Waals surface area (Å²) < 4.78 is 12.7. The number of aromatic nitrogens is 2. The Morgan fingerprint density at radius 3 is 2.69 bits per heavy atom. The van der Waals surface area contributed by atoms with Crippen LogP contribution < -0.4 is 20.1 Å². The number of anilines is 1. The van der Waals surface area contributed by atoms with Crippen molar-refractivity contribution in [1.29, 1.82) is 0 Å². The second kappa shape index (κ2) is 9.43. The van der Waals surface area contributed by atoms with Crippen LogP contribution >= 0.6 is 0 Å². The molecule has 4 aromatic rings. The highest BCUT2D eigenvalue weighted by molar-refractivity contribution is 5.91. The SMILES string of the molecule is COc1ccc(OC)c(NC(=O)NCC(c2cccnc2)c2cn(C)c3ccccc23)c1. The topological polar surface area (TPSA) is 77.4 Å². The standard InChI is InChI=1S/C25H26N4O3/c1-29-16-21(19-8-4-5-9-23(19)29)20(17-7-6-12-26-14-17)15-27-25(30)28-22-13-18(31-2)10-11-24(22)32-3/h4-14,16,20H,15H2,1-3H3,(H2,27,28,30). The molecule has 164 valence electrons. The third-order valence-corrected chi connectivity index (χ3v) is 5.51. The van der Waals surface area contributed by atoms with Crippen molar-refractivity contribution in [3.63, 3.8) is 0 Å². The van der Waals surface area contributed by atoms with E-state index in [9.17, 15) is 4.79 Å². The molecule has 0 radical (unpaired) electrons. The van der Waals surface area contributed by atoms with Crippen LogP contribution in [0.25, 0.3) is 10.9 Å². The normalized spacial score (nSPS) is 11.7. The zero-order chi connectivity index (χ0) is 22.5. The number of rotatable bonds is 7. The molecule has 2 aromatic heterocycles. The number of nitrogens with zero attached hydrogens (tertiary/aromatic N) is 2. The first-order valence-corrected chi connectivity index (χ1v) is 10.3. The Hall–Kier alpha value is -4.00. The van der Waals surface area contributed by atoms with Crippen molar-refractivity contribution in [3.8, 4) is 11.5 Å². The van der Waals surface area contributed by atoms with Crippen molar-refractivity contribution in [2.75, 3.05) is 26.1 Å². The van der Waals surface area contributed by atoms with Gasteiger partial charge in [-0.15, -0.1) is 0 Å². The molecule has 0 aliphatic rings. The predicted octanol–water partition coefficient (Wildman–Crippen LogP) is 4.54. The highest BCUT2D eigenvalue weighted by Gasteiger charge is 2.20. The number of aryl methyl sites for hydroxylation is 1. The van der Waals surface area contributed by atoms with Crippen LogP contribution in [-0.2, 0) is 7.05 Å². The first-order valence-electron chi connectivity index (χ1n) is 10.3. The van der Waals surface area contributed by atoms with Gasteiger partial charge in [-0.05, 0) is 35.4 Å². The number of urea groups is 1. The number of carbonyl (C=O) groups excluding carboxylic acids is 1. The zero-order valence-electron chi connectivity index (χ0n) is 18.3. The minimum absolute atomic E-state index is 0.0623. The van der Waals surface area contributed by atoms with Crippen molar-refractivity contribution < 1.29 is 14.3 Å². The van der Waals surface area contributed by atoms with Gasteiger partial charge in [-0.2, -0.15) is 0 Å². The van der Waals surface area contributed by atoms with E-state index < -0.39 is 0 Å². The highest BCUT2D eigenvalue weighted by Crippen LogP contribution is 2.32. The predicted molar refractivity (Wildman–Crippen MR) is 126 cm³/mol. The number of carbonyl (C=O) groups is 1. The fraction of sp³-hybridized carbons (Fsp3) is 0.200. The molecule has 0 aliphatic heterocycles. The molecule has 2 amide bonds. The number of nitrogens with one attached hydrogen (secondary N) is 2. The minimum Gasteiger partial charge on any atom is -0.497 e. The van der Waals surface area contributed by atoms with Gasteiger partial charge in [0.05, 0.1) is 19.9 Å². The highest BCUT2D eigenvalue weighted by atomic mass is 16.5. The maximum atomic E-state index is 12.8. The van der Waals surface area contributed by atoms with E-state index in [2.05, 4.69) is 38.5 Å². The molecule has 7 nitrogen and oxygen atoms in total. The molecule has 0 saturated carbocycles. The number of amides is 2. The van der Waals surface area contributed by atoms with Gasteiger partial charge < -0.3 is 24.7 Å². The largest absolute Gasteiger partial charge is 0.497 e. The summed E-state index contributed by atoms with van der Waals surface area (Å²) in [6.07, 6.45) is 5.71. The first kappa shape index (κ1) is 21.2. The van der Waals surface area contributed by atoms with Crippen LogP contribution in [0.15, 0.2) is 73.2 Å². The molecule has 0 fully saturated rings. The molecule has 4 rings (SSSR count). The summed E-state index contributed by atoms with van der Waals surface area (Å²) in [7, 11) is 5.17. The minimum atomic E-state index is -0.328. The molecular formula is C25H26N4O3. The number of benzene rings is 2. The lowest BCUT2D eigenvalue weighted by Crippen LogP contribution is -2.32. The lowest BCUT2D eigenvalue weighted by molar-refractivity contribution is 0.251. The van der Waals surface area contributed by atoms with E-state index in [-0.39, 0.29) is 11.9 Å². The van der Waals surface area contributed by atoms with Crippen molar-refractivity contribution >= 4 is 22.6 Å². The van der Waals surface area contributed by atoms with Crippen LogP contribution in [0, 0.1) is 0 Å². The Labute approximate surface area is 187 Å². The van der Waals surface area contributed by atoms with Gasteiger partial charge in [-0.1, -0.05) is 24.3 Å². The van der Waals surface area contributed by atoms with E-state index in [1.807, 2.05) is 37.5 Å². The van der Waals surface area contributed by atoms with Crippen LogP contribution in [0.5, 0.6) is 11.5 Å². The summed E-state index contributed by atoms with van der Waals surface area (Å²) in [6, 6.07) is 17.1. The molecule has 2 aromatic carbocycles. The van der Waals surface area contributed by atoms with E-state index in [0.29, 0.717) is 23.7 Å². The quantitative estimate of drug-likeness (QED) is 0.451. The molecule has 0 saturated heterocycles. The summed E-state index contributed by atoms with van der Waals surface area (Å²) in [4.78, 5) is 17.1. The number of hydrogen-bond donors (Lipinski definition) is 2. The van der Waals surface area contributed by atoms with Crippen LogP contribution in [0.2, 0.25) is 0 Å². The fourth-order valence-corrected chi connectivity index (χ4v) is 3.91. The third kappa shape index (κ3) is 4.37. The van der Waals surface area contributed by atoms with Crippen molar-refractivity contribution in [1.82, 2.24) is 14.9 Å². The van der Waals surface area contributed by atoms with Crippen molar-refractivity contribution in [2.24, 2.45) is 7.05 Å². The maximum Gasteiger partial charge on any atom is 0.319 e. The van der Waals surface area contributed by atoms with Gasteiger partial charge in [0.25, 0.3) is 0 Å². The summed E-state index contributed by atoms with van der Waals surface area (Å²) in [5.41, 5.74) is 3.84. The molecule has 0 spiro atoms. The fourth-order valence-electron chi connectivity index (χ4n) is 3.91.